The lowest BCUT2D eigenvalue weighted by molar-refractivity contribution is -0.146. The average Bonchev–Trinajstić information content (AvgIpc) is 2.36. The van der Waals surface area contributed by atoms with E-state index in [1.807, 2.05) is 12.1 Å². The number of amides is 1. The van der Waals surface area contributed by atoms with Gasteiger partial charge in [0.1, 0.15) is 0 Å². The molecule has 1 aromatic rings. The van der Waals surface area contributed by atoms with Gasteiger partial charge >= 0.3 is 5.97 Å². The highest BCUT2D eigenvalue weighted by molar-refractivity contribution is 5.80. The molecule has 0 radical (unpaired) electrons. The van der Waals surface area contributed by atoms with Gasteiger partial charge in [-0.2, -0.15) is 0 Å². The van der Waals surface area contributed by atoms with Crippen molar-refractivity contribution < 1.29 is 19.8 Å². The number of rotatable bonds is 6. The number of nitrogens with one attached hydrogen (secondary N) is 1. The van der Waals surface area contributed by atoms with Crippen LogP contribution in [0.4, 0.5) is 0 Å². The van der Waals surface area contributed by atoms with Crippen LogP contribution in [0.1, 0.15) is 11.1 Å². The molecule has 6 nitrogen and oxygen atoms in total. The van der Waals surface area contributed by atoms with Crippen LogP contribution in [0.25, 0.3) is 0 Å². The second kappa shape index (κ2) is 6.73. The Hall–Kier alpha value is -1.92. The lowest BCUT2D eigenvalue weighted by Gasteiger charge is -2.09. The van der Waals surface area contributed by atoms with E-state index in [1.165, 1.54) is 0 Å². The van der Waals surface area contributed by atoms with Crippen LogP contribution in [0.3, 0.4) is 0 Å². The SMILES string of the molecule is NCc1ccccc1CC(=O)NC[C@H](O)C(=O)O. The quantitative estimate of drug-likeness (QED) is 0.532. The van der Waals surface area contributed by atoms with Gasteiger partial charge in [-0.25, -0.2) is 4.79 Å². The number of aliphatic hydroxyl groups is 1. The van der Waals surface area contributed by atoms with Crippen molar-refractivity contribution in [3.8, 4) is 0 Å². The number of carboxylic acids is 1. The van der Waals surface area contributed by atoms with Gasteiger partial charge in [0.25, 0.3) is 0 Å². The van der Waals surface area contributed by atoms with Gasteiger partial charge in [0.2, 0.25) is 5.91 Å². The minimum absolute atomic E-state index is 0.111. The van der Waals surface area contributed by atoms with E-state index in [-0.39, 0.29) is 18.9 Å². The Morgan fingerprint density at radius 2 is 1.89 bits per heavy atom. The second-order valence-corrected chi connectivity index (χ2v) is 3.81. The number of carbonyl (C=O) groups excluding carboxylic acids is 1. The summed E-state index contributed by atoms with van der Waals surface area (Å²) in [7, 11) is 0. The van der Waals surface area contributed by atoms with E-state index < -0.39 is 12.1 Å². The summed E-state index contributed by atoms with van der Waals surface area (Å²) in [6.45, 7) is 0.0279. The van der Waals surface area contributed by atoms with Crippen molar-refractivity contribution in [3.05, 3.63) is 35.4 Å². The average molecular weight is 252 g/mol. The highest BCUT2D eigenvalue weighted by Crippen LogP contribution is 2.08. The highest BCUT2D eigenvalue weighted by Gasteiger charge is 2.14. The van der Waals surface area contributed by atoms with Gasteiger partial charge in [-0.05, 0) is 11.1 Å². The van der Waals surface area contributed by atoms with Crippen LogP contribution < -0.4 is 11.1 Å². The summed E-state index contributed by atoms with van der Waals surface area (Å²) >= 11 is 0. The second-order valence-electron chi connectivity index (χ2n) is 3.81. The van der Waals surface area contributed by atoms with E-state index in [4.69, 9.17) is 15.9 Å². The standard InChI is InChI=1S/C12H16N2O4/c13-6-9-4-2-1-3-8(9)5-11(16)14-7-10(15)12(17)18/h1-4,10,15H,5-7,13H2,(H,14,16)(H,17,18)/t10-/m0/s1. The Kier molecular flexibility index (Phi) is 5.29. The highest BCUT2D eigenvalue weighted by atomic mass is 16.4. The maximum atomic E-state index is 11.6. The number of aliphatic carboxylic acids is 1. The summed E-state index contributed by atoms with van der Waals surface area (Å²) in [5.74, 6) is -1.71. The van der Waals surface area contributed by atoms with Crippen LogP contribution in [0.5, 0.6) is 0 Å². The maximum Gasteiger partial charge on any atom is 0.334 e. The molecule has 0 aliphatic heterocycles. The summed E-state index contributed by atoms with van der Waals surface area (Å²) in [6.07, 6.45) is -1.47. The normalized spacial score (nSPS) is 11.9. The molecule has 0 heterocycles. The van der Waals surface area contributed by atoms with Crippen molar-refractivity contribution in [1.82, 2.24) is 5.32 Å². The van der Waals surface area contributed by atoms with Crippen LogP contribution in [0.15, 0.2) is 24.3 Å². The number of aliphatic hydroxyl groups excluding tert-OH is 1. The van der Waals surface area contributed by atoms with Gasteiger partial charge < -0.3 is 21.3 Å². The monoisotopic (exact) mass is 252 g/mol. The zero-order valence-corrected chi connectivity index (χ0v) is 9.80. The molecule has 0 saturated heterocycles. The van der Waals surface area contributed by atoms with Crippen LogP contribution in [0.2, 0.25) is 0 Å². The molecule has 18 heavy (non-hydrogen) atoms. The fraction of sp³-hybridized carbons (Fsp3) is 0.333. The van der Waals surface area contributed by atoms with Crippen molar-refractivity contribution in [2.75, 3.05) is 6.54 Å². The molecule has 1 aromatic carbocycles. The molecule has 0 saturated carbocycles. The lowest BCUT2D eigenvalue weighted by atomic mass is 10.0. The molecule has 0 aliphatic rings. The smallest absolute Gasteiger partial charge is 0.334 e. The topological polar surface area (TPSA) is 113 Å². The Balaban J connectivity index is 2.52. The van der Waals surface area contributed by atoms with E-state index >= 15 is 0 Å². The molecule has 0 unspecified atom stereocenters. The van der Waals surface area contributed by atoms with Crippen molar-refractivity contribution in [3.63, 3.8) is 0 Å². The van der Waals surface area contributed by atoms with Gasteiger partial charge in [0.05, 0.1) is 13.0 Å². The van der Waals surface area contributed by atoms with Crippen molar-refractivity contribution in [2.24, 2.45) is 5.73 Å². The largest absolute Gasteiger partial charge is 0.479 e. The summed E-state index contributed by atoms with van der Waals surface area (Å²) < 4.78 is 0. The molecule has 0 spiro atoms. The molecule has 0 bridgehead atoms. The predicted molar refractivity (Wildman–Crippen MR) is 64.7 cm³/mol. The Bertz CT molecular complexity index is 434. The molecule has 1 rings (SSSR count). The number of carboxylic acid groups (broad SMARTS) is 1. The number of nitrogens with two attached hydrogens (primary N) is 1. The third-order valence-corrected chi connectivity index (χ3v) is 2.47. The van der Waals surface area contributed by atoms with E-state index in [2.05, 4.69) is 5.32 Å². The zero-order valence-electron chi connectivity index (χ0n) is 9.80. The molecule has 98 valence electrons. The van der Waals surface area contributed by atoms with Gasteiger partial charge in [-0.3, -0.25) is 4.79 Å². The van der Waals surface area contributed by atoms with Crippen LogP contribution in [-0.2, 0) is 22.6 Å². The van der Waals surface area contributed by atoms with Crippen molar-refractivity contribution >= 4 is 11.9 Å². The summed E-state index contributed by atoms with van der Waals surface area (Å²) in [6, 6.07) is 7.25. The first-order chi connectivity index (χ1) is 8.54. The number of hydrogen-bond acceptors (Lipinski definition) is 4. The number of benzene rings is 1. The Morgan fingerprint density at radius 3 is 2.44 bits per heavy atom. The first-order valence-electron chi connectivity index (χ1n) is 5.49. The van der Waals surface area contributed by atoms with Gasteiger partial charge in [0.15, 0.2) is 6.10 Å². The van der Waals surface area contributed by atoms with Crippen molar-refractivity contribution in [1.29, 1.82) is 0 Å². The summed E-state index contributed by atoms with van der Waals surface area (Å²) in [5.41, 5.74) is 7.20. The van der Waals surface area contributed by atoms with Crippen LogP contribution in [0, 0.1) is 0 Å². The molecule has 0 aliphatic carbocycles. The molecular weight excluding hydrogens is 236 g/mol. The Labute approximate surface area is 104 Å². The summed E-state index contributed by atoms with van der Waals surface area (Å²) in [4.78, 5) is 21.9. The predicted octanol–water partition coefficient (Wildman–Crippen LogP) is -0.751. The number of carbonyl (C=O) groups is 2. The first kappa shape index (κ1) is 14.1. The van der Waals surface area contributed by atoms with E-state index in [9.17, 15) is 9.59 Å². The fourth-order valence-corrected chi connectivity index (χ4v) is 1.46. The fourth-order valence-electron chi connectivity index (χ4n) is 1.46. The molecule has 0 fully saturated rings. The third kappa shape index (κ3) is 4.15. The van der Waals surface area contributed by atoms with E-state index in [0.717, 1.165) is 11.1 Å². The third-order valence-electron chi connectivity index (χ3n) is 2.47. The zero-order chi connectivity index (χ0) is 13.5. The van der Waals surface area contributed by atoms with Gasteiger partial charge in [-0.1, -0.05) is 24.3 Å². The van der Waals surface area contributed by atoms with E-state index in [1.54, 1.807) is 12.1 Å². The molecule has 0 aromatic heterocycles. The molecule has 5 N–H and O–H groups in total. The molecular formula is C12H16N2O4. The molecule has 1 atom stereocenters. The molecule has 1 amide bonds. The minimum Gasteiger partial charge on any atom is -0.479 e. The van der Waals surface area contributed by atoms with Gasteiger partial charge in [0, 0.05) is 6.54 Å². The van der Waals surface area contributed by atoms with Gasteiger partial charge in [-0.15, -0.1) is 0 Å². The Morgan fingerprint density at radius 1 is 1.28 bits per heavy atom. The molecule has 6 heteroatoms. The summed E-state index contributed by atoms with van der Waals surface area (Å²) in [5, 5.41) is 19.8. The van der Waals surface area contributed by atoms with Crippen LogP contribution >= 0.6 is 0 Å². The lowest BCUT2D eigenvalue weighted by Crippen LogP contribution is -2.37. The first-order valence-corrected chi connectivity index (χ1v) is 5.49. The van der Waals surface area contributed by atoms with E-state index in [0.29, 0.717) is 6.54 Å². The van der Waals surface area contributed by atoms with Crippen molar-refractivity contribution in [2.45, 2.75) is 19.1 Å². The maximum absolute atomic E-state index is 11.6. The number of hydrogen-bond donors (Lipinski definition) is 4. The minimum atomic E-state index is -1.58. The van der Waals surface area contributed by atoms with Crippen LogP contribution in [-0.4, -0.2) is 34.7 Å².